The van der Waals surface area contributed by atoms with Gasteiger partial charge in [-0.2, -0.15) is 0 Å². The molecular weight excluding hydrogens is 423 g/mol. The summed E-state index contributed by atoms with van der Waals surface area (Å²) in [4.78, 5) is 10.4. The van der Waals surface area contributed by atoms with Crippen molar-refractivity contribution in [3.05, 3.63) is 22.4 Å². The Bertz CT molecular complexity index is 467. The van der Waals surface area contributed by atoms with E-state index in [9.17, 15) is 0 Å². The first-order valence-corrected chi connectivity index (χ1v) is 8.68. The molecule has 132 valence electrons. The quantitative estimate of drug-likeness (QED) is 0.409. The highest BCUT2D eigenvalue weighted by Crippen LogP contribution is 2.22. The van der Waals surface area contributed by atoms with Crippen molar-refractivity contribution >= 4 is 41.3 Å². The molecule has 0 aliphatic carbocycles. The van der Waals surface area contributed by atoms with Gasteiger partial charge >= 0.3 is 0 Å². The van der Waals surface area contributed by atoms with Crippen LogP contribution >= 0.6 is 35.3 Å². The van der Waals surface area contributed by atoms with E-state index >= 15 is 0 Å². The normalized spacial score (nSPS) is 19.8. The molecule has 2 atom stereocenters. The summed E-state index contributed by atoms with van der Waals surface area (Å²) in [7, 11) is 7.89. The standard InChI is InChI=1S/C16H28N4OS.HI/c1-17-16(20-8-7-13(11-20)12-21-4)18-10-14(19(2)3)15-6-5-9-22-15;/h5-6,9,13-14H,7-8,10-12H2,1-4H3,(H,17,18);1H. The maximum atomic E-state index is 5.27. The monoisotopic (exact) mass is 452 g/mol. The first-order chi connectivity index (χ1) is 10.7. The molecule has 23 heavy (non-hydrogen) atoms. The van der Waals surface area contributed by atoms with Gasteiger partial charge in [0.05, 0.1) is 12.6 Å². The fourth-order valence-electron chi connectivity index (χ4n) is 2.94. The van der Waals surface area contributed by atoms with Gasteiger partial charge in [0, 0.05) is 44.6 Å². The van der Waals surface area contributed by atoms with Crippen molar-refractivity contribution in [1.82, 2.24) is 15.1 Å². The Hall–Kier alpha value is -0.380. The number of nitrogens with zero attached hydrogens (tertiary/aromatic N) is 3. The summed E-state index contributed by atoms with van der Waals surface area (Å²) in [5.74, 6) is 1.62. The van der Waals surface area contributed by atoms with E-state index in [1.807, 2.05) is 7.05 Å². The molecular formula is C16H29IN4OS. The Morgan fingerprint density at radius 1 is 1.57 bits per heavy atom. The number of nitrogens with one attached hydrogen (secondary N) is 1. The number of ether oxygens (including phenoxy) is 1. The molecule has 0 aromatic carbocycles. The lowest BCUT2D eigenvalue weighted by Gasteiger charge is -2.27. The summed E-state index contributed by atoms with van der Waals surface area (Å²) in [6.07, 6.45) is 1.18. The molecule has 1 aliphatic rings. The van der Waals surface area contributed by atoms with Crippen molar-refractivity contribution in [2.75, 3.05) is 54.5 Å². The molecule has 1 saturated heterocycles. The average Bonchev–Trinajstić information content (AvgIpc) is 3.15. The van der Waals surface area contributed by atoms with Crippen LogP contribution in [0.1, 0.15) is 17.3 Å². The molecule has 2 rings (SSSR count). The molecule has 2 heterocycles. The maximum Gasteiger partial charge on any atom is 0.193 e. The Morgan fingerprint density at radius 3 is 2.91 bits per heavy atom. The van der Waals surface area contributed by atoms with Crippen LogP contribution in [0.3, 0.4) is 0 Å². The summed E-state index contributed by atoms with van der Waals surface area (Å²) in [6.45, 7) is 3.78. The van der Waals surface area contributed by atoms with Gasteiger partial charge in [-0.25, -0.2) is 0 Å². The van der Waals surface area contributed by atoms with Gasteiger partial charge in [-0.05, 0) is 32.0 Å². The SMILES string of the molecule is CN=C(NCC(c1cccs1)N(C)C)N1CCC(COC)C1.I. The zero-order chi connectivity index (χ0) is 15.9. The minimum Gasteiger partial charge on any atom is -0.384 e. The van der Waals surface area contributed by atoms with Crippen molar-refractivity contribution in [2.45, 2.75) is 12.5 Å². The van der Waals surface area contributed by atoms with Gasteiger partial charge in [-0.15, -0.1) is 35.3 Å². The highest BCUT2D eigenvalue weighted by molar-refractivity contribution is 14.0. The number of methoxy groups -OCH3 is 1. The summed E-state index contributed by atoms with van der Waals surface area (Å²) in [5, 5.41) is 5.68. The van der Waals surface area contributed by atoms with Crippen LogP contribution in [0, 0.1) is 5.92 Å². The van der Waals surface area contributed by atoms with Gasteiger partial charge < -0.3 is 19.9 Å². The third-order valence-electron chi connectivity index (χ3n) is 4.15. The highest BCUT2D eigenvalue weighted by atomic mass is 127. The number of guanidine groups is 1. The minimum atomic E-state index is 0. The molecule has 0 bridgehead atoms. The van der Waals surface area contributed by atoms with E-state index in [1.165, 1.54) is 11.3 Å². The van der Waals surface area contributed by atoms with Gasteiger partial charge in [-0.1, -0.05) is 6.07 Å². The summed E-state index contributed by atoms with van der Waals surface area (Å²) >= 11 is 1.81. The largest absolute Gasteiger partial charge is 0.384 e. The number of rotatable bonds is 6. The van der Waals surface area contributed by atoms with Crippen LogP contribution in [0.25, 0.3) is 0 Å². The van der Waals surface area contributed by atoms with Crippen LogP contribution in [0.5, 0.6) is 0 Å². The molecule has 1 N–H and O–H groups in total. The summed E-state index contributed by atoms with van der Waals surface area (Å²) in [5.41, 5.74) is 0. The van der Waals surface area contributed by atoms with Gasteiger partial charge in [0.25, 0.3) is 0 Å². The summed E-state index contributed by atoms with van der Waals surface area (Å²) < 4.78 is 5.27. The molecule has 0 spiro atoms. The van der Waals surface area contributed by atoms with Crippen LogP contribution in [-0.2, 0) is 4.74 Å². The van der Waals surface area contributed by atoms with E-state index in [0.717, 1.165) is 32.2 Å². The number of likely N-dealkylation sites (N-methyl/N-ethyl adjacent to an activating group) is 1. The molecule has 0 saturated carbocycles. The Balaban J connectivity index is 0.00000264. The fraction of sp³-hybridized carbons (Fsp3) is 0.688. The van der Waals surface area contributed by atoms with Crippen molar-refractivity contribution in [1.29, 1.82) is 0 Å². The van der Waals surface area contributed by atoms with E-state index in [4.69, 9.17) is 4.74 Å². The van der Waals surface area contributed by atoms with Crippen LogP contribution < -0.4 is 5.32 Å². The molecule has 2 unspecified atom stereocenters. The van der Waals surface area contributed by atoms with Crippen molar-refractivity contribution in [3.8, 4) is 0 Å². The maximum absolute atomic E-state index is 5.27. The molecule has 1 fully saturated rings. The Morgan fingerprint density at radius 2 is 2.35 bits per heavy atom. The lowest BCUT2D eigenvalue weighted by Crippen LogP contribution is -2.43. The van der Waals surface area contributed by atoms with Crippen LogP contribution in [0.2, 0.25) is 0 Å². The van der Waals surface area contributed by atoms with Crippen LogP contribution in [-0.4, -0.2) is 70.3 Å². The number of thiophene rings is 1. The number of halogens is 1. The van der Waals surface area contributed by atoms with E-state index in [0.29, 0.717) is 12.0 Å². The van der Waals surface area contributed by atoms with Gasteiger partial charge in [0.1, 0.15) is 0 Å². The lowest BCUT2D eigenvalue weighted by atomic mass is 10.1. The summed E-state index contributed by atoms with van der Waals surface area (Å²) in [6, 6.07) is 4.68. The smallest absolute Gasteiger partial charge is 0.193 e. The zero-order valence-corrected chi connectivity index (χ0v) is 17.6. The number of hydrogen-bond donors (Lipinski definition) is 1. The first-order valence-electron chi connectivity index (χ1n) is 7.80. The van der Waals surface area contributed by atoms with Gasteiger partial charge in [0.2, 0.25) is 0 Å². The lowest BCUT2D eigenvalue weighted by molar-refractivity contribution is 0.157. The number of aliphatic imine (C=N–C) groups is 1. The second-order valence-electron chi connectivity index (χ2n) is 5.98. The molecule has 1 aromatic heterocycles. The predicted molar refractivity (Wildman–Crippen MR) is 109 cm³/mol. The van der Waals surface area contributed by atoms with Crippen LogP contribution in [0.4, 0.5) is 0 Å². The van der Waals surface area contributed by atoms with Crippen molar-refractivity contribution < 1.29 is 4.74 Å². The zero-order valence-electron chi connectivity index (χ0n) is 14.5. The second-order valence-corrected chi connectivity index (χ2v) is 6.96. The van der Waals surface area contributed by atoms with Crippen molar-refractivity contribution in [3.63, 3.8) is 0 Å². The first kappa shape index (κ1) is 20.7. The molecule has 5 nitrogen and oxygen atoms in total. The van der Waals surface area contributed by atoms with Gasteiger partial charge in [0.15, 0.2) is 5.96 Å². The molecule has 7 heteroatoms. The van der Waals surface area contributed by atoms with E-state index < -0.39 is 0 Å². The third kappa shape index (κ3) is 5.88. The predicted octanol–water partition coefficient (Wildman–Crippen LogP) is 2.51. The minimum absolute atomic E-state index is 0. The van der Waals surface area contributed by atoms with Crippen molar-refractivity contribution in [2.24, 2.45) is 10.9 Å². The number of hydrogen-bond acceptors (Lipinski definition) is 4. The molecule has 1 aromatic rings. The van der Waals surface area contributed by atoms with E-state index in [-0.39, 0.29) is 24.0 Å². The molecule has 1 aliphatic heterocycles. The highest BCUT2D eigenvalue weighted by Gasteiger charge is 2.25. The second kappa shape index (κ2) is 10.5. The Kier molecular flexibility index (Phi) is 9.41. The average molecular weight is 452 g/mol. The third-order valence-corrected chi connectivity index (χ3v) is 5.12. The molecule has 0 radical (unpaired) electrons. The Labute approximate surface area is 161 Å². The van der Waals surface area contributed by atoms with Gasteiger partial charge in [-0.3, -0.25) is 4.99 Å². The fourth-order valence-corrected chi connectivity index (χ4v) is 3.86. The van der Waals surface area contributed by atoms with E-state index in [2.05, 4.69) is 51.7 Å². The molecule has 0 amide bonds. The van der Waals surface area contributed by atoms with Crippen LogP contribution in [0.15, 0.2) is 22.5 Å². The topological polar surface area (TPSA) is 40.1 Å². The van der Waals surface area contributed by atoms with E-state index in [1.54, 1.807) is 18.4 Å². The number of likely N-dealkylation sites (tertiary alicyclic amines) is 1.